The van der Waals surface area contributed by atoms with Crippen LogP contribution in [0.2, 0.25) is 0 Å². The Hall–Kier alpha value is -2.64. The van der Waals surface area contributed by atoms with Gasteiger partial charge in [-0.2, -0.15) is 0 Å². The third kappa shape index (κ3) is 4.99. The lowest BCUT2D eigenvalue weighted by Crippen LogP contribution is -2.33. The van der Waals surface area contributed by atoms with Crippen molar-refractivity contribution in [2.75, 3.05) is 32.8 Å². The molecular formula is C24H30N2O4S. The summed E-state index contributed by atoms with van der Waals surface area (Å²) in [6.45, 7) is 9.79. The van der Waals surface area contributed by atoms with Gasteiger partial charge in [0.05, 0.1) is 18.2 Å². The van der Waals surface area contributed by atoms with Crippen LogP contribution in [0.4, 0.5) is 0 Å². The number of carbonyl (C=O) groups excluding carboxylic acids is 2. The Morgan fingerprint density at radius 1 is 1.16 bits per heavy atom. The molecule has 1 fully saturated rings. The van der Waals surface area contributed by atoms with Crippen LogP contribution in [0.15, 0.2) is 47.4 Å². The van der Waals surface area contributed by atoms with Gasteiger partial charge in [-0.3, -0.25) is 9.59 Å². The van der Waals surface area contributed by atoms with E-state index in [9.17, 15) is 14.7 Å². The Labute approximate surface area is 187 Å². The van der Waals surface area contributed by atoms with Gasteiger partial charge >= 0.3 is 0 Å². The fraction of sp³-hybridized carbons (Fsp3) is 0.417. The van der Waals surface area contributed by atoms with Crippen molar-refractivity contribution in [3.8, 4) is 5.75 Å². The second-order valence-electron chi connectivity index (χ2n) is 7.35. The molecule has 0 saturated carbocycles. The summed E-state index contributed by atoms with van der Waals surface area (Å²) in [6, 6.07) is 10.2. The second-order valence-corrected chi connectivity index (χ2v) is 8.33. The van der Waals surface area contributed by atoms with Crippen LogP contribution in [-0.2, 0) is 9.59 Å². The smallest absolute Gasteiger partial charge is 0.295 e. The number of nitrogens with zero attached hydrogens (tertiary/aromatic N) is 2. The van der Waals surface area contributed by atoms with Gasteiger partial charge in [-0.1, -0.05) is 32.0 Å². The predicted octanol–water partition coefficient (Wildman–Crippen LogP) is 4.30. The molecular weight excluding hydrogens is 412 g/mol. The summed E-state index contributed by atoms with van der Waals surface area (Å²) < 4.78 is 5.53. The average Bonchev–Trinajstić information content (AvgIpc) is 3.39. The minimum Gasteiger partial charge on any atom is -0.507 e. The third-order valence-corrected chi connectivity index (χ3v) is 6.46. The number of ketones is 1. The van der Waals surface area contributed by atoms with Crippen LogP contribution < -0.4 is 4.74 Å². The van der Waals surface area contributed by atoms with E-state index in [1.165, 1.54) is 11.3 Å². The van der Waals surface area contributed by atoms with Crippen molar-refractivity contribution in [1.29, 1.82) is 0 Å². The highest BCUT2D eigenvalue weighted by atomic mass is 32.1. The molecule has 1 N–H and O–H groups in total. The van der Waals surface area contributed by atoms with Gasteiger partial charge in [0, 0.05) is 17.0 Å². The number of aliphatic hydroxyl groups is 1. The van der Waals surface area contributed by atoms with Crippen LogP contribution in [0.5, 0.6) is 5.75 Å². The number of thiophene rings is 1. The van der Waals surface area contributed by atoms with E-state index in [0.29, 0.717) is 24.5 Å². The summed E-state index contributed by atoms with van der Waals surface area (Å²) in [5, 5.41) is 13.0. The van der Waals surface area contributed by atoms with E-state index in [4.69, 9.17) is 4.74 Å². The second kappa shape index (κ2) is 10.6. The summed E-state index contributed by atoms with van der Waals surface area (Å²) in [5.74, 6) is -0.752. The van der Waals surface area contributed by atoms with Crippen LogP contribution in [0.3, 0.4) is 0 Å². The Morgan fingerprint density at radius 3 is 2.58 bits per heavy atom. The SMILES string of the molecule is CCOc1cccc(/C(O)=C2\C(=O)C(=O)N(CCCN(CC)CC)C2c2cccs2)c1. The molecule has 2 aromatic rings. The van der Waals surface area contributed by atoms with Crippen molar-refractivity contribution in [3.63, 3.8) is 0 Å². The van der Waals surface area contributed by atoms with Crippen molar-refractivity contribution in [2.45, 2.75) is 33.2 Å². The summed E-state index contributed by atoms with van der Waals surface area (Å²) in [7, 11) is 0. The monoisotopic (exact) mass is 442 g/mol. The lowest BCUT2D eigenvalue weighted by molar-refractivity contribution is -0.139. The Bertz CT molecular complexity index is 935. The fourth-order valence-corrected chi connectivity index (χ4v) is 4.76. The largest absolute Gasteiger partial charge is 0.507 e. The number of hydrogen-bond acceptors (Lipinski definition) is 6. The first-order valence-corrected chi connectivity index (χ1v) is 11.7. The third-order valence-electron chi connectivity index (χ3n) is 5.54. The predicted molar refractivity (Wildman–Crippen MR) is 123 cm³/mol. The topological polar surface area (TPSA) is 70.1 Å². The molecule has 0 spiro atoms. The number of Topliss-reactive ketones (excluding diaryl/α,β-unsaturated/α-hetero) is 1. The lowest BCUT2D eigenvalue weighted by atomic mass is 9.99. The zero-order chi connectivity index (χ0) is 22.4. The van der Waals surface area contributed by atoms with E-state index >= 15 is 0 Å². The molecule has 3 rings (SSSR count). The maximum absolute atomic E-state index is 13.0. The maximum Gasteiger partial charge on any atom is 0.295 e. The van der Waals surface area contributed by atoms with Crippen molar-refractivity contribution in [3.05, 3.63) is 57.8 Å². The molecule has 7 heteroatoms. The zero-order valence-electron chi connectivity index (χ0n) is 18.3. The van der Waals surface area contributed by atoms with Crippen LogP contribution in [-0.4, -0.2) is 59.4 Å². The number of carbonyl (C=O) groups is 2. The Morgan fingerprint density at radius 2 is 1.94 bits per heavy atom. The quantitative estimate of drug-likeness (QED) is 0.337. The van der Waals surface area contributed by atoms with Crippen molar-refractivity contribution >= 4 is 28.8 Å². The van der Waals surface area contributed by atoms with Crippen molar-refractivity contribution in [2.24, 2.45) is 0 Å². The van der Waals surface area contributed by atoms with E-state index in [2.05, 4.69) is 18.7 Å². The molecule has 1 aromatic carbocycles. The van der Waals surface area contributed by atoms with Crippen LogP contribution >= 0.6 is 11.3 Å². The van der Waals surface area contributed by atoms with Gasteiger partial charge < -0.3 is 19.6 Å². The molecule has 1 amide bonds. The number of likely N-dealkylation sites (tertiary alicyclic amines) is 1. The summed E-state index contributed by atoms with van der Waals surface area (Å²) in [4.78, 5) is 30.7. The number of hydrogen-bond donors (Lipinski definition) is 1. The van der Waals surface area contributed by atoms with Gasteiger partial charge in [0.25, 0.3) is 11.7 Å². The van der Waals surface area contributed by atoms with Gasteiger partial charge in [0.2, 0.25) is 0 Å². The molecule has 1 aliphatic heterocycles. The molecule has 0 bridgehead atoms. The number of ether oxygens (including phenoxy) is 1. The van der Waals surface area contributed by atoms with Crippen molar-refractivity contribution < 1.29 is 19.4 Å². The van der Waals surface area contributed by atoms with Gasteiger partial charge in [-0.15, -0.1) is 11.3 Å². The number of benzene rings is 1. The molecule has 1 atom stereocenters. The normalized spacial score (nSPS) is 18.2. The standard InChI is InChI=1S/C24H30N2O4S/c1-4-25(5-2)13-9-14-26-21(19-12-8-15-31-19)20(23(28)24(26)29)22(27)17-10-7-11-18(16-17)30-6-3/h7-8,10-12,15-16,21,27H,4-6,9,13-14H2,1-3H3/b22-20+. The van der Waals surface area contributed by atoms with Gasteiger partial charge in [0.1, 0.15) is 11.5 Å². The molecule has 2 heterocycles. The van der Waals surface area contributed by atoms with E-state index in [-0.39, 0.29) is 11.3 Å². The first-order chi connectivity index (χ1) is 15.0. The van der Waals surface area contributed by atoms with E-state index < -0.39 is 17.7 Å². The number of aliphatic hydroxyl groups excluding tert-OH is 1. The van der Waals surface area contributed by atoms with Crippen LogP contribution in [0.1, 0.15) is 43.7 Å². The minimum absolute atomic E-state index is 0.143. The maximum atomic E-state index is 13.0. The van der Waals surface area contributed by atoms with Gasteiger partial charge in [-0.05, 0) is 56.6 Å². The zero-order valence-corrected chi connectivity index (χ0v) is 19.2. The first-order valence-electron chi connectivity index (χ1n) is 10.8. The minimum atomic E-state index is -0.638. The summed E-state index contributed by atoms with van der Waals surface area (Å²) >= 11 is 1.48. The lowest BCUT2D eigenvalue weighted by Gasteiger charge is -2.25. The summed E-state index contributed by atoms with van der Waals surface area (Å²) in [5.41, 5.74) is 0.609. The highest BCUT2D eigenvalue weighted by molar-refractivity contribution is 7.10. The summed E-state index contributed by atoms with van der Waals surface area (Å²) in [6.07, 6.45) is 0.760. The Kier molecular flexibility index (Phi) is 7.87. The van der Waals surface area contributed by atoms with E-state index in [1.54, 1.807) is 29.2 Å². The van der Waals surface area contributed by atoms with Gasteiger partial charge in [0.15, 0.2) is 0 Å². The number of amides is 1. The first kappa shape index (κ1) is 23.0. The molecule has 1 unspecified atom stereocenters. The molecule has 1 aliphatic rings. The van der Waals surface area contributed by atoms with Crippen LogP contribution in [0, 0.1) is 0 Å². The molecule has 1 aromatic heterocycles. The highest BCUT2D eigenvalue weighted by Crippen LogP contribution is 2.41. The number of rotatable bonds is 10. The van der Waals surface area contributed by atoms with Crippen LogP contribution in [0.25, 0.3) is 5.76 Å². The molecule has 166 valence electrons. The molecule has 0 radical (unpaired) electrons. The van der Waals surface area contributed by atoms with Gasteiger partial charge in [-0.25, -0.2) is 0 Å². The molecule has 0 aliphatic carbocycles. The fourth-order valence-electron chi connectivity index (χ4n) is 3.91. The highest BCUT2D eigenvalue weighted by Gasteiger charge is 2.46. The average molecular weight is 443 g/mol. The van der Waals surface area contributed by atoms with Crippen molar-refractivity contribution in [1.82, 2.24) is 9.80 Å². The molecule has 1 saturated heterocycles. The molecule has 31 heavy (non-hydrogen) atoms. The van der Waals surface area contributed by atoms with E-state index in [0.717, 1.165) is 30.9 Å². The van der Waals surface area contributed by atoms with E-state index in [1.807, 2.05) is 24.4 Å². The Balaban J connectivity index is 1.97. The molecule has 6 nitrogen and oxygen atoms in total.